The first-order valence-electron chi connectivity index (χ1n) is 25.0. The number of hydrogen-bond acceptors (Lipinski definition) is 16. The van der Waals surface area contributed by atoms with Crippen LogP contribution in [0.4, 0.5) is 49.1 Å². The smallest absolute Gasteiger partial charge is 0.480 e. The minimum Gasteiger partial charge on any atom is -0.480 e. The van der Waals surface area contributed by atoms with Crippen molar-refractivity contribution in [1.82, 2.24) is 10.6 Å². The molecule has 34 heteroatoms. The monoisotopic (exact) mass is 1370 g/mol. The molecule has 5 unspecified atom stereocenters. The van der Waals surface area contributed by atoms with Gasteiger partial charge in [-0.15, -0.1) is 0 Å². The first kappa shape index (κ1) is 85.4. The van der Waals surface area contributed by atoms with E-state index in [2.05, 4.69) is 26.2 Å². The van der Waals surface area contributed by atoms with Gasteiger partial charge in [0.2, 0.25) is 14.7 Å². The van der Waals surface area contributed by atoms with Crippen LogP contribution >= 0.6 is 22.8 Å². The van der Waals surface area contributed by atoms with Crippen LogP contribution in [-0.2, 0) is 72.2 Å². The van der Waals surface area contributed by atoms with E-state index in [0.717, 1.165) is 61.2 Å². The van der Waals surface area contributed by atoms with Crippen LogP contribution in [0.15, 0.2) is 133 Å². The quantitative estimate of drug-likeness (QED) is 0.00832. The zero-order chi connectivity index (χ0) is 66.6. The number of methoxy groups -OCH3 is 2. The second-order valence-corrected chi connectivity index (χ2v) is 24.1. The van der Waals surface area contributed by atoms with Gasteiger partial charge < -0.3 is 60.4 Å². The topological polar surface area (TPSA) is 362 Å². The van der Waals surface area contributed by atoms with Crippen LogP contribution in [-0.4, -0.2) is 124 Å². The van der Waals surface area contributed by atoms with Crippen molar-refractivity contribution in [3.05, 3.63) is 178 Å². The molecule has 2 amide bonds. The number of nitrogens with two attached hydrogens (primary N) is 1. The average molecular weight is 1370 g/mol. The Morgan fingerprint density at radius 2 is 1.03 bits per heavy atom. The second kappa shape index (κ2) is 40.2. The van der Waals surface area contributed by atoms with Crippen LogP contribution in [0.5, 0.6) is 0 Å². The van der Waals surface area contributed by atoms with E-state index in [4.69, 9.17) is 25.2 Å². The summed E-state index contributed by atoms with van der Waals surface area (Å²) in [6, 6.07) is 15.3. The van der Waals surface area contributed by atoms with E-state index < -0.39 is 137 Å². The number of aldehydes is 1. The third-order valence-corrected chi connectivity index (χ3v) is 16.1. The third kappa shape index (κ3) is 31.8. The van der Waals surface area contributed by atoms with Crippen molar-refractivity contribution in [2.45, 2.75) is 96.5 Å². The van der Waals surface area contributed by atoms with Gasteiger partial charge in [0.15, 0.2) is 17.9 Å². The minimum atomic E-state index is -4.60. The lowest BCUT2D eigenvalue weighted by molar-refractivity contribution is -0.143. The molecule has 0 fully saturated rings. The number of aliphatic hydroxyl groups is 2. The van der Waals surface area contributed by atoms with Crippen molar-refractivity contribution >= 4 is 59.1 Å². The number of hydrogen-bond donors (Lipinski definition) is 9. The van der Waals surface area contributed by atoms with Crippen LogP contribution in [0.25, 0.3) is 0 Å². The number of carboxylic acid groups (broad SMARTS) is 1. The van der Waals surface area contributed by atoms with Crippen LogP contribution < -0.4 is 16.4 Å². The number of allylic oxidation sites excluding steroid dienone is 4. The highest BCUT2D eigenvalue weighted by molar-refractivity contribution is 7.58. The highest BCUT2D eigenvalue weighted by Gasteiger charge is 2.37. The predicted octanol–water partition coefficient (Wildman–Crippen LogP) is 11.3. The number of aliphatic carboxylic acids is 1. The van der Waals surface area contributed by atoms with Crippen LogP contribution in [0.2, 0.25) is 0 Å². The van der Waals surface area contributed by atoms with Crippen LogP contribution in [0.3, 0.4) is 0 Å². The minimum absolute atomic E-state index is 0. The molecule has 504 valence electrons. The van der Waals surface area contributed by atoms with E-state index in [1.807, 2.05) is 0 Å². The van der Waals surface area contributed by atoms with E-state index in [1.54, 1.807) is 54.6 Å². The van der Waals surface area contributed by atoms with Crippen molar-refractivity contribution in [2.75, 3.05) is 39.3 Å². The summed E-state index contributed by atoms with van der Waals surface area (Å²) in [6.45, 7) is -0.0334. The van der Waals surface area contributed by atoms with Gasteiger partial charge >= 0.3 is 56.7 Å². The van der Waals surface area contributed by atoms with Crippen molar-refractivity contribution in [3.63, 3.8) is 0 Å². The van der Waals surface area contributed by atoms with Gasteiger partial charge in [-0.25, -0.2) is 19.2 Å². The van der Waals surface area contributed by atoms with Gasteiger partial charge in [0.25, 0.3) is 0 Å². The Kier molecular flexibility index (Phi) is 37.7. The highest BCUT2D eigenvalue weighted by Crippen LogP contribution is 2.55. The Morgan fingerprint density at radius 3 is 1.40 bits per heavy atom. The number of rotatable bonds is 23. The lowest BCUT2D eigenvalue weighted by Crippen LogP contribution is -2.42. The zero-order valence-corrected chi connectivity index (χ0v) is 48.7. The molecule has 0 aliphatic heterocycles. The van der Waals surface area contributed by atoms with Gasteiger partial charge in [-0.2, -0.15) is 44.4 Å². The van der Waals surface area contributed by atoms with Gasteiger partial charge in [0.1, 0.15) is 55.4 Å². The summed E-state index contributed by atoms with van der Waals surface area (Å²) in [7, 11) is -8.78. The second-order valence-electron chi connectivity index (χ2n) is 18.1. The Hall–Kier alpha value is -7.68. The van der Waals surface area contributed by atoms with E-state index in [1.165, 1.54) is 7.11 Å². The average Bonchev–Trinajstić information content (AvgIpc) is 1.01. The lowest BCUT2D eigenvalue weighted by atomic mass is 10.1. The summed E-state index contributed by atoms with van der Waals surface area (Å²) in [5.74, 6) is -6.85. The van der Waals surface area contributed by atoms with Crippen molar-refractivity contribution in [2.24, 2.45) is 5.73 Å². The summed E-state index contributed by atoms with van der Waals surface area (Å²) in [5, 5.41) is 33.2. The Balaban J connectivity index is 0. The summed E-state index contributed by atoms with van der Waals surface area (Å²) in [5.41, 5.74) is 3.87. The maximum absolute atomic E-state index is 12.7. The number of halogens is 9. The molecular formula is C57H71F9N3O19P3+2. The highest BCUT2D eigenvalue weighted by atomic mass is 31.2. The Bertz CT molecular complexity index is 3140. The molecule has 0 aromatic heterocycles. The molecule has 22 nitrogen and oxygen atoms in total. The summed E-state index contributed by atoms with van der Waals surface area (Å²) < 4.78 is 165. The van der Waals surface area contributed by atoms with Gasteiger partial charge in [-0.05, 0) is 70.5 Å². The molecule has 8 atom stereocenters. The standard InChI is InChI=1S/C21H23F3NO7P.C13H14NO6P.C12H15F3NO5P.C8H5F3O.3CH4/c1-31-18(26)17(25-20(28)32-13-14-5-3-2-4-6-14)11-12-33(29,30)19(27)15-7-9-16(10-8-15)21(22,23)24;1-19-12(15)11(7-8-21(17)18)14-13(16)20-9-10-5-3-2-4-6-10;13-12(14,15)8-3-1-7(2-4-8)11(19)22(20,21)6-5-9(16)10(17)18;9-8(10,11)7-3-1-6(5-12)2-4-7;;;/h2-10,17,19,27H,11-13H2,1H3,(H,25,28)(H,29,30);3-6,11H,7-9H2,1H3;1-4,9,11,19H,5-6,16H2,(H,17,18)(H,20,21);1-5H;3*1H4/p+2/t17-,19?;11-;9-,11?;;;;/m000..../s1. The SMILES string of the molecule is C.C.C.COC(=O)[C@H](CCP(=O)(O)C(O)c1ccc(C(F)(F)F)cc1)NC(=O)OCc1ccccc1.COC(=O)[C@H](CC[P+](=O)O)NC(=O)OCC1=CC=[C+]C=C1.N[C@@H](CCP(=O)(O)C(O)c1ccc(C(F)(F)F)cc1)C(=O)O.O=Cc1ccc(C(F)(F)F)cc1. The first-order chi connectivity index (χ1) is 40.9. The summed E-state index contributed by atoms with van der Waals surface area (Å²) >= 11 is 0. The fourth-order valence-electron chi connectivity index (χ4n) is 6.69. The number of benzene rings is 4. The molecule has 0 saturated heterocycles. The molecule has 91 heavy (non-hydrogen) atoms. The molecular weight excluding hydrogens is 1290 g/mol. The van der Waals surface area contributed by atoms with Gasteiger partial charge in [0, 0.05) is 30.4 Å². The maximum Gasteiger partial charge on any atom is 0.505 e. The number of amides is 2. The Morgan fingerprint density at radius 1 is 0.637 bits per heavy atom. The summed E-state index contributed by atoms with van der Waals surface area (Å²) in [6.07, 6.45) is -7.13. The number of ether oxygens (including phenoxy) is 4. The van der Waals surface area contributed by atoms with E-state index in [-0.39, 0.29) is 71.2 Å². The maximum atomic E-state index is 12.7. The number of esters is 2. The largest absolute Gasteiger partial charge is 0.505 e. The molecule has 0 saturated carbocycles. The number of carbonyl (C=O) groups is 6. The molecule has 4 aromatic rings. The number of nitrogens with one attached hydrogen (secondary N) is 2. The van der Waals surface area contributed by atoms with Crippen molar-refractivity contribution in [1.29, 1.82) is 0 Å². The molecule has 4 aromatic carbocycles. The number of alkyl halides is 9. The fraction of sp³-hybridized carbons (Fsp3) is 0.368. The molecule has 0 bridgehead atoms. The van der Waals surface area contributed by atoms with E-state index in [0.29, 0.717) is 36.1 Å². The van der Waals surface area contributed by atoms with Gasteiger partial charge in [0.05, 0.1) is 43.1 Å². The molecule has 10 N–H and O–H groups in total. The fourth-order valence-corrected chi connectivity index (χ4v) is 10.2. The molecule has 0 spiro atoms. The van der Waals surface area contributed by atoms with Crippen LogP contribution in [0, 0.1) is 6.08 Å². The zero-order valence-electron chi connectivity index (χ0n) is 46.1. The van der Waals surface area contributed by atoms with Crippen molar-refractivity contribution in [3.8, 4) is 0 Å². The van der Waals surface area contributed by atoms with E-state index >= 15 is 0 Å². The molecule has 5 rings (SSSR count). The number of aliphatic hydroxyl groups excluding tert-OH is 2. The first-order valence-corrected chi connectivity index (χ1v) is 30.3. The van der Waals surface area contributed by atoms with E-state index in [9.17, 15) is 102 Å². The van der Waals surface area contributed by atoms with Gasteiger partial charge in [-0.3, -0.25) is 18.7 Å². The normalized spacial score (nSPS) is 14.6. The third-order valence-electron chi connectivity index (χ3n) is 11.6. The molecule has 0 heterocycles. The predicted molar refractivity (Wildman–Crippen MR) is 314 cm³/mol. The number of carbonyl (C=O) groups excluding carboxylic acids is 5. The number of carboxylic acids is 1. The lowest BCUT2D eigenvalue weighted by Gasteiger charge is -2.22. The molecule has 0 radical (unpaired) electrons. The Labute approximate surface area is 518 Å². The molecule has 1 aliphatic rings. The van der Waals surface area contributed by atoms with Crippen LogP contribution in [0.1, 0.15) is 97.0 Å². The molecule has 1 aliphatic carbocycles. The van der Waals surface area contributed by atoms with Crippen molar-refractivity contribution < 1.29 is 131 Å². The van der Waals surface area contributed by atoms with Gasteiger partial charge in [-0.1, -0.05) is 89.0 Å². The summed E-state index contributed by atoms with van der Waals surface area (Å²) in [4.78, 5) is 96.4. The number of alkyl carbamates (subject to hydrolysis) is 2.